The Kier molecular flexibility index (Phi) is 2.51. The molecule has 0 fully saturated rings. The lowest BCUT2D eigenvalue weighted by atomic mass is 9.98. The van der Waals surface area contributed by atoms with E-state index in [1.54, 1.807) is 0 Å². The number of nitrogens with zero attached hydrogens (tertiary/aromatic N) is 3. The van der Waals surface area contributed by atoms with Crippen molar-refractivity contribution in [3.8, 4) is 5.69 Å². The van der Waals surface area contributed by atoms with Crippen LogP contribution in [0.5, 0.6) is 0 Å². The molecule has 2 heterocycles. The number of nitrogens with one attached hydrogen (secondary N) is 1. The summed E-state index contributed by atoms with van der Waals surface area (Å²) in [4.78, 5) is 0. The number of hydrogen-bond acceptors (Lipinski definition) is 3. The maximum Gasteiger partial charge on any atom is 0.162 e. The first kappa shape index (κ1) is 12.6. The van der Waals surface area contributed by atoms with Crippen LogP contribution in [-0.2, 0) is 5.54 Å². The van der Waals surface area contributed by atoms with Crippen LogP contribution < -0.4 is 5.32 Å². The van der Waals surface area contributed by atoms with Gasteiger partial charge >= 0.3 is 0 Å². The second-order valence-corrected chi connectivity index (χ2v) is 6.14. The summed E-state index contributed by atoms with van der Waals surface area (Å²) in [6.45, 7) is 7.80. The maximum atomic E-state index is 13.9. The fourth-order valence-corrected chi connectivity index (χ4v) is 2.86. The van der Waals surface area contributed by atoms with Gasteiger partial charge in [-0.2, -0.15) is 0 Å². The van der Waals surface area contributed by atoms with Crippen LogP contribution in [0.4, 0.5) is 10.1 Å². The second kappa shape index (κ2) is 3.79. The van der Waals surface area contributed by atoms with E-state index in [9.17, 15) is 4.39 Å². The van der Waals surface area contributed by atoms with Crippen LogP contribution in [-0.4, -0.2) is 14.8 Å². The van der Waals surface area contributed by atoms with Crippen molar-refractivity contribution in [1.29, 1.82) is 0 Å². The Bertz CT molecular complexity index is 690. The quantitative estimate of drug-likeness (QED) is 0.807. The summed E-state index contributed by atoms with van der Waals surface area (Å²) in [5.74, 6) is 1.36. The van der Waals surface area contributed by atoms with E-state index >= 15 is 0 Å². The van der Waals surface area contributed by atoms with Crippen LogP contribution in [0.15, 0.2) is 10.5 Å². The summed E-state index contributed by atoms with van der Waals surface area (Å²) < 4.78 is 16.4. The van der Waals surface area contributed by atoms with Crippen LogP contribution in [0, 0.1) is 19.7 Å². The summed E-state index contributed by atoms with van der Waals surface area (Å²) in [5, 5.41) is 11.7. The van der Waals surface area contributed by atoms with Gasteiger partial charge in [0.25, 0.3) is 0 Å². The minimum atomic E-state index is -0.388. The molecule has 3 rings (SSSR count). The summed E-state index contributed by atoms with van der Waals surface area (Å²) >= 11 is 3.29. The summed E-state index contributed by atoms with van der Waals surface area (Å²) in [6.07, 6.45) is 0. The van der Waals surface area contributed by atoms with Crippen molar-refractivity contribution in [1.82, 2.24) is 14.8 Å². The van der Waals surface area contributed by atoms with Gasteiger partial charge < -0.3 is 5.32 Å². The average Bonchev–Trinajstić information content (AvgIpc) is 2.69. The monoisotopic (exact) mass is 324 g/mol. The third-order valence-electron chi connectivity index (χ3n) is 3.47. The third-order valence-corrected chi connectivity index (χ3v) is 4.45. The van der Waals surface area contributed by atoms with E-state index in [1.165, 1.54) is 6.07 Å². The number of benzene rings is 1. The van der Waals surface area contributed by atoms with Crippen molar-refractivity contribution in [3.63, 3.8) is 0 Å². The molecular weight excluding hydrogens is 311 g/mol. The van der Waals surface area contributed by atoms with Crippen molar-refractivity contribution >= 4 is 21.6 Å². The van der Waals surface area contributed by atoms with Crippen molar-refractivity contribution in [2.75, 3.05) is 5.32 Å². The standard InChI is InChI=1S/C13H14BrFN4/c1-6-10(14)8(15)5-9-11(6)19-7(2)17-18-12(19)13(3,4)16-9/h5,16H,1-4H3. The summed E-state index contributed by atoms with van der Waals surface area (Å²) in [5.41, 5.74) is 2.12. The van der Waals surface area contributed by atoms with Crippen LogP contribution in [0.25, 0.3) is 5.69 Å². The zero-order valence-corrected chi connectivity index (χ0v) is 12.8. The van der Waals surface area contributed by atoms with Gasteiger partial charge in [-0.3, -0.25) is 4.57 Å². The molecule has 0 atom stereocenters. The smallest absolute Gasteiger partial charge is 0.162 e. The molecule has 2 aromatic rings. The number of aryl methyl sites for hydroxylation is 1. The highest BCUT2D eigenvalue weighted by atomic mass is 79.9. The highest BCUT2D eigenvalue weighted by Gasteiger charge is 2.35. The van der Waals surface area contributed by atoms with E-state index in [1.807, 2.05) is 32.3 Å². The predicted molar refractivity (Wildman–Crippen MR) is 75.1 cm³/mol. The van der Waals surface area contributed by atoms with Gasteiger partial charge in [0.2, 0.25) is 0 Å². The maximum absolute atomic E-state index is 13.9. The Hall–Kier alpha value is -1.43. The lowest BCUT2D eigenvalue weighted by molar-refractivity contribution is 0.531. The highest BCUT2D eigenvalue weighted by molar-refractivity contribution is 9.10. The van der Waals surface area contributed by atoms with E-state index in [0.717, 1.165) is 28.6 Å². The van der Waals surface area contributed by atoms with Gasteiger partial charge in [-0.15, -0.1) is 10.2 Å². The van der Waals surface area contributed by atoms with E-state index in [0.29, 0.717) is 4.47 Å². The fourth-order valence-electron chi connectivity index (χ4n) is 2.55. The SMILES string of the molecule is Cc1c(Br)c(F)cc2c1-n1c(C)nnc1C(C)(C)N2. The summed E-state index contributed by atoms with van der Waals surface area (Å²) in [6, 6.07) is 1.51. The molecule has 1 aliphatic heterocycles. The highest BCUT2D eigenvalue weighted by Crippen LogP contribution is 2.41. The molecule has 1 N–H and O–H groups in total. The Balaban J connectivity index is 2.42. The molecular formula is C13H14BrFN4. The molecule has 0 saturated carbocycles. The Labute approximate surface area is 119 Å². The molecule has 4 nitrogen and oxygen atoms in total. The van der Waals surface area contributed by atoms with Crippen molar-refractivity contribution in [3.05, 3.63) is 33.6 Å². The molecule has 0 spiro atoms. The van der Waals surface area contributed by atoms with Gasteiger partial charge in [0.1, 0.15) is 11.6 Å². The molecule has 100 valence electrons. The third kappa shape index (κ3) is 1.62. The van der Waals surface area contributed by atoms with Crippen LogP contribution >= 0.6 is 15.9 Å². The normalized spacial score (nSPS) is 15.7. The second-order valence-electron chi connectivity index (χ2n) is 5.35. The van der Waals surface area contributed by atoms with Gasteiger partial charge in [0, 0.05) is 6.07 Å². The first-order valence-electron chi connectivity index (χ1n) is 6.02. The molecule has 0 aliphatic carbocycles. The Morgan fingerprint density at radius 1 is 1.32 bits per heavy atom. The molecule has 0 radical (unpaired) electrons. The first-order chi connectivity index (χ1) is 8.83. The zero-order chi connectivity index (χ0) is 13.9. The number of aromatic nitrogens is 3. The molecule has 1 aromatic heterocycles. The fraction of sp³-hybridized carbons (Fsp3) is 0.385. The largest absolute Gasteiger partial charge is 0.371 e. The predicted octanol–water partition coefficient (Wildman–Crippen LogP) is 3.45. The van der Waals surface area contributed by atoms with E-state index in [2.05, 4.69) is 31.4 Å². The first-order valence-corrected chi connectivity index (χ1v) is 6.82. The zero-order valence-electron chi connectivity index (χ0n) is 11.2. The van der Waals surface area contributed by atoms with Crippen molar-refractivity contribution in [2.24, 2.45) is 0 Å². The van der Waals surface area contributed by atoms with Gasteiger partial charge in [0.05, 0.1) is 21.4 Å². The molecule has 0 bridgehead atoms. The number of fused-ring (bicyclic) bond motifs is 3. The van der Waals surface area contributed by atoms with Gasteiger partial charge in [-0.25, -0.2) is 4.39 Å². The number of hydrogen-bond donors (Lipinski definition) is 1. The number of anilines is 1. The Morgan fingerprint density at radius 3 is 2.68 bits per heavy atom. The average molecular weight is 325 g/mol. The molecule has 0 amide bonds. The number of rotatable bonds is 0. The molecule has 6 heteroatoms. The van der Waals surface area contributed by atoms with Crippen LogP contribution in [0.3, 0.4) is 0 Å². The molecule has 0 saturated heterocycles. The van der Waals surface area contributed by atoms with E-state index in [-0.39, 0.29) is 11.4 Å². The van der Waals surface area contributed by atoms with Crippen molar-refractivity contribution < 1.29 is 4.39 Å². The van der Waals surface area contributed by atoms with E-state index < -0.39 is 0 Å². The molecule has 1 aromatic carbocycles. The Morgan fingerprint density at radius 2 is 2.00 bits per heavy atom. The molecule has 19 heavy (non-hydrogen) atoms. The van der Waals surface area contributed by atoms with Gasteiger partial charge in [-0.1, -0.05) is 0 Å². The summed E-state index contributed by atoms with van der Waals surface area (Å²) in [7, 11) is 0. The van der Waals surface area contributed by atoms with Crippen LogP contribution in [0.2, 0.25) is 0 Å². The van der Waals surface area contributed by atoms with Crippen molar-refractivity contribution in [2.45, 2.75) is 33.2 Å². The van der Waals surface area contributed by atoms with Gasteiger partial charge in [0.15, 0.2) is 5.82 Å². The van der Waals surface area contributed by atoms with Gasteiger partial charge in [-0.05, 0) is 49.2 Å². The lowest BCUT2D eigenvalue weighted by Crippen LogP contribution is -2.36. The molecule has 1 aliphatic rings. The molecule has 0 unspecified atom stereocenters. The van der Waals surface area contributed by atoms with E-state index in [4.69, 9.17) is 0 Å². The topological polar surface area (TPSA) is 42.7 Å². The minimum absolute atomic E-state index is 0.270. The lowest BCUT2D eigenvalue weighted by Gasteiger charge is -2.34. The minimum Gasteiger partial charge on any atom is -0.371 e. The van der Waals surface area contributed by atoms with Crippen LogP contribution in [0.1, 0.15) is 31.1 Å². The number of halogens is 2.